The predicted molar refractivity (Wildman–Crippen MR) is 89.3 cm³/mol. The van der Waals surface area contributed by atoms with Gasteiger partial charge >= 0.3 is 0 Å². The Bertz CT molecular complexity index is 633. The van der Waals surface area contributed by atoms with E-state index < -0.39 is 0 Å². The van der Waals surface area contributed by atoms with Crippen molar-refractivity contribution in [3.05, 3.63) is 41.8 Å². The lowest BCUT2D eigenvalue weighted by Crippen LogP contribution is -2.39. The number of morpholine rings is 1. The Morgan fingerprint density at radius 1 is 1.12 bits per heavy atom. The first-order chi connectivity index (χ1) is 11.8. The second-order valence-corrected chi connectivity index (χ2v) is 5.53. The summed E-state index contributed by atoms with van der Waals surface area (Å²) in [5, 5.41) is 14.3. The minimum absolute atomic E-state index is 0.241. The highest BCUT2D eigenvalue weighted by atomic mass is 19.1. The van der Waals surface area contributed by atoms with Gasteiger partial charge in [0.1, 0.15) is 5.82 Å². The molecular formula is C16H21FN6O. The maximum Gasteiger partial charge on any atom is 0.244 e. The fourth-order valence-corrected chi connectivity index (χ4v) is 2.41. The molecule has 8 heteroatoms. The first kappa shape index (κ1) is 16.5. The molecule has 1 fully saturated rings. The van der Waals surface area contributed by atoms with Gasteiger partial charge in [-0.05, 0) is 17.7 Å². The number of halogens is 1. The molecule has 0 radical (unpaired) electrons. The normalized spacial score (nSPS) is 15.2. The summed E-state index contributed by atoms with van der Waals surface area (Å²) in [4.78, 5) is 6.71. The summed E-state index contributed by atoms with van der Waals surface area (Å²) in [6.07, 6.45) is 1.57. The first-order valence-electron chi connectivity index (χ1n) is 8.01. The van der Waals surface area contributed by atoms with Crippen LogP contribution in [0.3, 0.4) is 0 Å². The van der Waals surface area contributed by atoms with Crippen molar-refractivity contribution in [3.8, 4) is 0 Å². The molecule has 0 aliphatic carbocycles. The number of anilines is 2. The average Bonchev–Trinajstić information content (AvgIpc) is 2.63. The predicted octanol–water partition coefficient (Wildman–Crippen LogP) is 1.37. The third-order valence-electron chi connectivity index (χ3n) is 3.76. The monoisotopic (exact) mass is 332 g/mol. The lowest BCUT2D eigenvalue weighted by Gasteiger charge is -2.26. The molecule has 1 aromatic carbocycles. The zero-order valence-corrected chi connectivity index (χ0v) is 13.4. The fourth-order valence-electron chi connectivity index (χ4n) is 2.41. The lowest BCUT2D eigenvalue weighted by atomic mass is 10.2. The van der Waals surface area contributed by atoms with Crippen LogP contribution in [0.4, 0.5) is 16.2 Å². The summed E-state index contributed by atoms with van der Waals surface area (Å²) >= 11 is 0. The molecule has 1 aliphatic rings. The molecule has 3 rings (SSSR count). The molecule has 0 amide bonds. The van der Waals surface area contributed by atoms with Crippen molar-refractivity contribution in [2.45, 2.75) is 6.54 Å². The number of ether oxygens (including phenoxy) is 1. The Labute approximate surface area is 140 Å². The number of nitrogens with zero attached hydrogens (tertiary/aromatic N) is 4. The SMILES string of the molecule is Fc1ccc(CNc2cnnc(NCCN3CCOCC3)n2)cc1. The van der Waals surface area contributed by atoms with Crippen LogP contribution >= 0.6 is 0 Å². The molecular weight excluding hydrogens is 311 g/mol. The molecule has 2 aromatic rings. The minimum Gasteiger partial charge on any atom is -0.379 e. The first-order valence-corrected chi connectivity index (χ1v) is 8.01. The summed E-state index contributed by atoms with van der Waals surface area (Å²) in [5.74, 6) is 0.879. The number of benzene rings is 1. The van der Waals surface area contributed by atoms with Crippen LogP contribution in [0.25, 0.3) is 0 Å². The van der Waals surface area contributed by atoms with Crippen molar-refractivity contribution in [2.24, 2.45) is 0 Å². The van der Waals surface area contributed by atoms with Crippen LogP contribution in [0.15, 0.2) is 30.5 Å². The Morgan fingerprint density at radius 2 is 1.92 bits per heavy atom. The topological polar surface area (TPSA) is 75.2 Å². The van der Waals surface area contributed by atoms with Gasteiger partial charge in [0, 0.05) is 32.7 Å². The van der Waals surface area contributed by atoms with Gasteiger partial charge < -0.3 is 15.4 Å². The lowest BCUT2D eigenvalue weighted by molar-refractivity contribution is 0.0398. The maximum atomic E-state index is 12.9. The van der Waals surface area contributed by atoms with Crippen LogP contribution in [0.5, 0.6) is 0 Å². The second-order valence-electron chi connectivity index (χ2n) is 5.53. The molecule has 7 nitrogen and oxygen atoms in total. The van der Waals surface area contributed by atoms with Crippen molar-refractivity contribution >= 4 is 11.8 Å². The van der Waals surface area contributed by atoms with E-state index in [9.17, 15) is 4.39 Å². The highest BCUT2D eigenvalue weighted by Gasteiger charge is 2.09. The van der Waals surface area contributed by atoms with E-state index in [1.165, 1.54) is 12.1 Å². The summed E-state index contributed by atoms with van der Waals surface area (Å²) in [5.41, 5.74) is 0.969. The number of hydrogen-bond acceptors (Lipinski definition) is 7. The Hall–Kier alpha value is -2.32. The van der Waals surface area contributed by atoms with Crippen LogP contribution in [-0.4, -0.2) is 59.5 Å². The van der Waals surface area contributed by atoms with Crippen LogP contribution < -0.4 is 10.6 Å². The van der Waals surface area contributed by atoms with Crippen molar-refractivity contribution in [1.82, 2.24) is 20.1 Å². The largest absolute Gasteiger partial charge is 0.379 e. The van der Waals surface area contributed by atoms with E-state index in [-0.39, 0.29) is 5.82 Å². The van der Waals surface area contributed by atoms with Gasteiger partial charge in [0.05, 0.1) is 19.4 Å². The highest BCUT2D eigenvalue weighted by Crippen LogP contribution is 2.08. The van der Waals surface area contributed by atoms with Gasteiger partial charge in [-0.25, -0.2) is 4.39 Å². The Kier molecular flexibility index (Phi) is 5.86. The van der Waals surface area contributed by atoms with Gasteiger partial charge in [-0.3, -0.25) is 4.90 Å². The molecule has 2 heterocycles. The van der Waals surface area contributed by atoms with E-state index in [4.69, 9.17) is 4.74 Å². The zero-order valence-electron chi connectivity index (χ0n) is 13.4. The molecule has 128 valence electrons. The van der Waals surface area contributed by atoms with E-state index in [1.807, 2.05) is 0 Å². The molecule has 0 saturated carbocycles. The van der Waals surface area contributed by atoms with E-state index >= 15 is 0 Å². The summed E-state index contributed by atoms with van der Waals surface area (Å²) in [7, 11) is 0. The molecule has 0 bridgehead atoms. The van der Waals surface area contributed by atoms with E-state index in [1.54, 1.807) is 18.3 Å². The number of hydrogen-bond donors (Lipinski definition) is 2. The van der Waals surface area contributed by atoms with Crippen LogP contribution in [0, 0.1) is 5.82 Å². The van der Waals surface area contributed by atoms with Gasteiger partial charge in [0.2, 0.25) is 5.95 Å². The molecule has 1 aliphatic heterocycles. The molecule has 0 spiro atoms. The van der Waals surface area contributed by atoms with Crippen LogP contribution in [0.1, 0.15) is 5.56 Å². The van der Waals surface area contributed by atoms with Crippen LogP contribution in [-0.2, 0) is 11.3 Å². The Morgan fingerprint density at radius 3 is 2.71 bits per heavy atom. The highest BCUT2D eigenvalue weighted by molar-refractivity contribution is 5.37. The van der Waals surface area contributed by atoms with Gasteiger partial charge in [-0.15, -0.1) is 5.10 Å². The zero-order chi connectivity index (χ0) is 16.6. The van der Waals surface area contributed by atoms with Crippen molar-refractivity contribution in [2.75, 3.05) is 50.0 Å². The molecule has 0 unspecified atom stereocenters. The van der Waals surface area contributed by atoms with E-state index in [0.717, 1.165) is 45.0 Å². The molecule has 24 heavy (non-hydrogen) atoms. The molecule has 1 aromatic heterocycles. The number of nitrogens with one attached hydrogen (secondary N) is 2. The Balaban J connectivity index is 1.45. The van der Waals surface area contributed by atoms with E-state index in [2.05, 4.69) is 30.7 Å². The van der Waals surface area contributed by atoms with Gasteiger partial charge in [0.15, 0.2) is 5.82 Å². The van der Waals surface area contributed by atoms with Crippen molar-refractivity contribution < 1.29 is 9.13 Å². The van der Waals surface area contributed by atoms with Gasteiger partial charge in [0.25, 0.3) is 0 Å². The average molecular weight is 332 g/mol. The third kappa shape index (κ3) is 5.10. The number of aromatic nitrogens is 3. The summed E-state index contributed by atoms with van der Waals surface area (Å²) < 4.78 is 18.2. The minimum atomic E-state index is -0.241. The summed E-state index contributed by atoms with van der Waals surface area (Å²) in [6.45, 7) is 5.72. The molecule has 1 saturated heterocycles. The summed E-state index contributed by atoms with van der Waals surface area (Å²) in [6, 6.07) is 6.35. The van der Waals surface area contributed by atoms with Gasteiger partial charge in [-0.2, -0.15) is 10.1 Å². The third-order valence-corrected chi connectivity index (χ3v) is 3.76. The van der Waals surface area contributed by atoms with Gasteiger partial charge in [-0.1, -0.05) is 12.1 Å². The quantitative estimate of drug-likeness (QED) is 0.793. The number of rotatable bonds is 7. The standard InChI is InChI=1S/C16H21FN6O/c17-14-3-1-13(2-4-14)11-19-15-12-20-22-16(21-15)18-5-6-23-7-9-24-10-8-23/h1-4,12H,5-11H2,(H2,18,19,21,22). The van der Waals surface area contributed by atoms with Crippen molar-refractivity contribution in [3.63, 3.8) is 0 Å². The van der Waals surface area contributed by atoms with Crippen molar-refractivity contribution in [1.29, 1.82) is 0 Å². The van der Waals surface area contributed by atoms with E-state index in [0.29, 0.717) is 18.3 Å². The molecule has 0 atom stereocenters. The molecule has 2 N–H and O–H groups in total. The fraction of sp³-hybridized carbons (Fsp3) is 0.438. The smallest absolute Gasteiger partial charge is 0.244 e. The van der Waals surface area contributed by atoms with Crippen LogP contribution in [0.2, 0.25) is 0 Å². The maximum absolute atomic E-state index is 12.9. The second kappa shape index (κ2) is 8.51.